The van der Waals surface area contributed by atoms with Gasteiger partial charge in [0.05, 0.1) is 5.52 Å². The summed E-state index contributed by atoms with van der Waals surface area (Å²) in [4.78, 5) is 4.58. The summed E-state index contributed by atoms with van der Waals surface area (Å²) < 4.78 is 0. The molecule has 1 heterocycles. The predicted molar refractivity (Wildman–Crippen MR) is 60.7 cm³/mol. The van der Waals surface area contributed by atoms with E-state index >= 15 is 0 Å². The van der Waals surface area contributed by atoms with Gasteiger partial charge in [0.1, 0.15) is 0 Å². The van der Waals surface area contributed by atoms with Gasteiger partial charge in [-0.25, -0.2) is 0 Å². The predicted octanol–water partition coefficient (Wildman–Crippen LogP) is 3.47. The third-order valence-corrected chi connectivity index (χ3v) is 2.87. The number of pyridine rings is 1. The Morgan fingerprint density at radius 2 is 1.36 bits per heavy atom. The third kappa shape index (κ3) is 1.39. The molecule has 0 bridgehead atoms. The maximum Gasteiger partial charge on any atom is 0.0708 e. The molecule has 1 nitrogen and oxygen atoms in total. The molecule has 0 aliphatic rings. The van der Waals surface area contributed by atoms with Gasteiger partial charge in [0, 0.05) is 11.1 Å². The summed E-state index contributed by atoms with van der Waals surface area (Å²) in [6.45, 7) is 8.44. The number of hydrogen-bond donors (Lipinski definition) is 0. The van der Waals surface area contributed by atoms with E-state index in [0.29, 0.717) is 0 Å². The first-order valence-corrected chi connectivity index (χ1v) is 4.93. The summed E-state index contributed by atoms with van der Waals surface area (Å²) in [5, 5.41) is 1.25. The second-order valence-corrected chi connectivity index (χ2v) is 4.02. The Bertz CT molecular complexity index is 409. The Balaban J connectivity index is 2.83. The average Bonchev–Trinajstić information content (AvgIpc) is 2.11. The highest BCUT2D eigenvalue weighted by molar-refractivity contribution is 5.81. The fourth-order valence-electron chi connectivity index (χ4n) is 1.64. The molecule has 1 heteroatoms. The van der Waals surface area contributed by atoms with Gasteiger partial charge in [0.25, 0.3) is 0 Å². The first-order valence-electron chi connectivity index (χ1n) is 4.93. The first kappa shape index (κ1) is 9.20. The first-order chi connectivity index (χ1) is 6.58. The van der Waals surface area contributed by atoms with Crippen molar-refractivity contribution in [1.82, 2.24) is 4.98 Å². The molecule has 1 aromatic carbocycles. The van der Waals surface area contributed by atoms with Crippen LogP contribution in [-0.4, -0.2) is 4.98 Å². The van der Waals surface area contributed by atoms with Gasteiger partial charge in [-0.2, -0.15) is 0 Å². The van der Waals surface area contributed by atoms with Crippen LogP contribution in [0.2, 0.25) is 0 Å². The van der Waals surface area contributed by atoms with Crippen molar-refractivity contribution in [2.45, 2.75) is 27.7 Å². The molecule has 0 amide bonds. The van der Waals surface area contributed by atoms with Gasteiger partial charge in [-0.3, -0.25) is 4.98 Å². The van der Waals surface area contributed by atoms with E-state index in [-0.39, 0.29) is 0 Å². The Labute approximate surface area is 84.8 Å². The summed E-state index contributed by atoms with van der Waals surface area (Å²) in [7, 11) is 0. The van der Waals surface area contributed by atoms with Gasteiger partial charge in [-0.05, 0) is 62.6 Å². The lowest BCUT2D eigenvalue weighted by Gasteiger charge is -2.06. The van der Waals surface area contributed by atoms with Crippen LogP contribution in [0.4, 0.5) is 0 Å². The zero-order chi connectivity index (χ0) is 10.3. The number of nitrogens with zero attached hydrogens (tertiary/aromatic N) is 1. The lowest BCUT2D eigenvalue weighted by atomic mass is 10.0. The maximum atomic E-state index is 4.58. The Hall–Kier alpha value is -1.37. The molecule has 0 spiro atoms. The van der Waals surface area contributed by atoms with Crippen LogP contribution in [0, 0.1) is 27.7 Å². The van der Waals surface area contributed by atoms with Gasteiger partial charge in [-0.15, -0.1) is 0 Å². The second-order valence-electron chi connectivity index (χ2n) is 4.02. The minimum atomic E-state index is 1.11. The van der Waals surface area contributed by atoms with Crippen LogP contribution in [0.1, 0.15) is 22.4 Å². The van der Waals surface area contributed by atoms with Crippen LogP contribution >= 0.6 is 0 Å². The zero-order valence-corrected chi connectivity index (χ0v) is 9.18. The molecular weight excluding hydrogens is 170 g/mol. The quantitative estimate of drug-likeness (QED) is 0.612. The molecule has 0 atom stereocenters. The third-order valence-electron chi connectivity index (χ3n) is 2.87. The van der Waals surface area contributed by atoms with Gasteiger partial charge in [-0.1, -0.05) is 0 Å². The van der Waals surface area contributed by atoms with E-state index in [1.807, 2.05) is 0 Å². The summed E-state index contributed by atoms with van der Waals surface area (Å²) >= 11 is 0. The fraction of sp³-hybridized carbons (Fsp3) is 0.308. The van der Waals surface area contributed by atoms with Crippen molar-refractivity contribution in [2.75, 3.05) is 0 Å². The van der Waals surface area contributed by atoms with E-state index in [2.05, 4.69) is 50.9 Å². The summed E-state index contributed by atoms with van der Waals surface area (Å²) in [5.74, 6) is 0. The second kappa shape index (κ2) is 3.09. The minimum Gasteiger partial charge on any atom is -0.253 e. The van der Waals surface area contributed by atoms with Crippen LogP contribution in [0.5, 0.6) is 0 Å². The summed E-state index contributed by atoms with van der Waals surface area (Å²) in [6, 6.07) is 6.59. The molecule has 2 aromatic rings. The topological polar surface area (TPSA) is 12.9 Å². The van der Waals surface area contributed by atoms with Gasteiger partial charge in [0.15, 0.2) is 0 Å². The van der Waals surface area contributed by atoms with Crippen LogP contribution in [0.25, 0.3) is 10.9 Å². The van der Waals surface area contributed by atoms with E-state index in [1.54, 1.807) is 0 Å². The smallest absolute Gasteiger partial charge is 0.0708 e. The Kier molecular flexibility index (Phi) is 2.03. The van der Waals surface area contributed by atoms with Crippen LogP contribution in [0.3, 0.4) is 0 Å². The maximum absolute atomic E-state index is 4.58. The zero-order valence-electron chi connectivity index (χ0n) is 9.18. The minimum absolute atomic E-state index is 1.11. The molecule has 2 rings (SSSR count). The molecule has 0 aliphatic heterocycles. The highest BCUT2D eigenvalue weighted by Gasteiger charge is 2.01. The van der Waals surface area contributed by atoms with Crippen molar-refractivity contribution in [3.63, 3.8) is 0 Å². The Morgan fingerprint density at radius 3 is 2.07 bits per heavy atom. The van der Waals surface area contributed by atoms with E-state index in [0.717, 1.165) is 11.2 Å². The average molecular weight is 185 g/mol. The van der Waals surface area contributed by atoms with E-state index in [4.69, 9.17) is 0 Å². The lowest BCUT2D eigenvalue weighted by molar-refractivity contribution is 1.19. The molecule has 0 radical (unpaired) electrons. The van der Waals surface area contributed by atoms with Gasteiger partial charge >= 0.3 is 0 Å². The number of benzene rings is 1. The molecule has 0 saturated carbocycles. The molecule has 0 saturated heterocycles. The number of fused-ring (bicyclic) bond motifs is 1. The van der Waals surface area contributed by atoms with Crippen LogP contribution in [0.15, 0.2) is 18.2 Å². The normalized spacial score (nSPS) is 10.9. The number of rotatable bonds is 0. The molecule has 0 fully saturated rings. The number of hydrogen-bond acceptors (Lipinski definition) is 1. The highest BCUT2D eigenvalue weighted by Crippen LogP contribution is 2.19. The van der Waals surface area contributed by atoms with Crippen LogP contribution < -0.4 is 0 Å². The lowest BCUT2D eigenvalue weighted by Crippen LogP contribution is -1.90. The van der Waals surface area contributed by atoms with Crippen molar-refractivity contribution in [2.24, 2.45) is 0 Å². The molecule has 0 unspecified atom stereocenters. The molecule has 0 N–H and O–H groups in total. The molecule has 72 valence electrons. The van der Waals surface area contributed by atoms with Crippen LogP contribution in [-0.2, 0) is 0 Å². The number of aromatic nitrogens is 1. The molecule has 0 aliphatic carbocycles. The monoisotopic (exact) mass is 185 g/mol. The van der Waals surface area contributed by atoms with Crippen molar-refractivity contribution < 1.29 is 0 Å². The van der Waals surface area contributed by atoms with E-state index in [9.17, 15) is 0 Å². The van der Waals surface area contributed by atoms with Gasteiger partial charge < -0.3 is 0 Å². The molecule has 14 heavy (non-hydrogen) atoms. The highest BCUT2D eigenvalue weighted by atomic mass is 14.7. The van der Waals surface area contributed by atoms with Crippen molar-refractivity contribution >= 4 is 10.9 Å². The van der Waals surface area contributed by atoms with Crippen molar-refractivity contribution in [3.05, 3.63) is 40.6 Å². The Morgan fingerprint density at radius 1 is 0.786 bits per heavy atom. The largest absolute Gasteiger partial charge is 0.253 e. The molecular formula is C13H15N. The van der Waals surface area contributed by atoms with Crippen molar-refractivity contribution in [1.29, 1.82) is 0 Å². The number of aryl methyl sites for hydroxylation is 4. The van der Waals surface area contributed by atoms with Gasteiger partial charge in [0.2, 0.25) is 0 Å². The standard InChI is InChI=1S/C13H15N/c1-8-5-12-6-10(3)11(4)14-13(12)7-9(8)2/h5-7H,1-4H3. The van der Waals surface area contributed by atoms with E-state index in [1.165, 1.54) is 22.1 Å². The summed E-state index contributed by atoms with van der Waals surface area (Å²) in [6.07, 6.45) is 0. The fourth-order valence-corrected chi connectivity index (χ4v) is 1.64. The SMILES string of the molecule is Cc1cc2cc(C)c(C)nc2cc1C. The van der Waals surface area contributed by atoms with Crippen molar-refractivity contribution in [3.8, 4) is 0 Å². The molecule has 1 aromatic heterocycles. The van der Waals surface area contributed by atoms with E-state index < -0.39 is 0 Å². The summed E-state index contributed by atoms with van der Waals surface area (Å²) in [5.41, 5.74) is 6.15.